The fourth-order valence-electron chi connectivity index (χ4n) is 3.88. The third-order valence-electron chi connectivity index (χ3n) is 5.27. The molecular weight excluding hydrogens is 476 g/mol. The van der Waals surface area contributed by atoms with Crippen molar-refractivity contribution in [1.29, 1.82) is 0 Å². The zero-order valence-corrected chi connectivity index (χ0v) is 21.1. The molecule has 1 aromatic carbocycles. The summed E-state index contributed by atoms with van der Waals surface area (Å²) in [7, 11) is -4.11. The molecule has 11 nitrogen and oxygen atoms in total. The number of esters is 1. The summed E-state index contributed by atoms with van der Waals surface area (Å²) in [5, 5.41) is 4.49. The number of cyclic esters (lactones) is 1. The van der Waals surface area contributed by atoms with E-state index in [1.807, 2.05) is 10.8 Å². The van der Waals surface area contributed by atoms with Crippen LogP contribution in [0.25, 0.3) is 6.08 Å². The molecule has 1 N–H and O–H groups in total. The van der Waals surface area contributed by atoms with Crippen LogP contribution in [0.5, 0.6) is 5.75 Å². The Labute approximate surface area is 203 Å². The van der Waals surface area contributed by atoms with E-state index in [1.165, 1.54) is 0 Å². The molecule has 1 amide bonds. The molecule has 0 radical (unpaired) electrons. The van der Waals surface area contributed by atoms with Gasteiger partial charge in [0.15, 0.2) is 0 Å². The molecule has 0 saturated carbocycles. The van der Waals surface area contributed by atoms with Crippen LogP contribution in [0.1, 0.15) is 67.4 Å². The fourth-order valence-corrected chi connectivity index (χ4v) is 4.86. The van der Waals surface area contributed by atoms with Crippen molar-refractivity contribution in [2.75, 3.05) is 0 Å². The van der Waals surface area contributed by atoms with Crippen molar-refractivity contribution >= 4 is 28.3 Å². The Morgan fingerprint density at radius 3 is 2.63 bits per heavy atom. The van der Waals surface area contributed by atoms with Crippen LogP contribution in [0, 0.1) is 0 Å². The summed E-state index contributed by atoms with van der Waals surface area (Å²) in [6, 6.07) is 3.59. The largest absolute Gasteiger partial charge is 0.451 e. The smallest absolute Gasteiger partial charge is 0.422 e. The van der Waals surface area contributed by atoms with E-state index in [4.69, 9.17) is 14.2 Å². The molecule has 4 rings (SSSR count). The minimum atomic E-state index is -4.11. The molecule has 0 aliphatic carbocycles. The number of hydrogen-bond donors (Lipinski definition) is 1. The van der Waals surface area contributed by atoms with Crippen molar-refractivity contribution in [1.82, 2.24) is 18.8 Å². The summed E-state index contributed by atoms with van der Waals surface area (Å²) < 4.78 is 46.2. The molecule has 2 aliphatic heterocycles. The Kier molecular flexibility index (Phi) is 5.92. The van der Waals surface area contributed by atoms with Crippen LogP contribution in [0.3, 0.4) is 0 Å². The maximum Gasteiger partial charge on any atom is 0.422 e. The van der Waals surface area contributed by atoms with E-state index in [9.17, 15) is 18.0 Å². The summed E-state index contributed by atoms with van der Waals surface area (Å²) >= 11 is 0. The normalized spacial score (nSPS) is 17.1. The number of carbonyl (C=O) groups excluding carboxylic acids is 2. The van der Waals surface area contributed by atoms with Gasteiger partial charge in [-0.2, -0.15) is 17.8 Å². The van der Waals surface area contributed by atoms with Crippen LogP contribution >= 0.6 is 0 Å². The SMILES string of the molecule is C=Cc1ccc(Cn2cc3c(n2)CN(S(=O)(=O)NC(=O)OC(C)(C)C)C3)c2c1OC(C)(C)OC2=O. The summed E-state index contributed by atoms with van der Waals surface area (Å²) in [6.45, 7) is 12.3. The van der Waals surface area contributed by atoms with Crippen LogP contribution in [-0.4, -0.2) is 46.0 Å². The molecule has 35 heavy (non-hydrogen) atoms. The van der Waals surface area contributed by atoms with Crippen LogP contribution < -0.4 is 9.46 Å². The van der Waals surface area contributed by atoms with Gasteiger partial charge in [-0.25, -0.2) is 14.3 Å². The van der Waals surface area contributed by atoms with E-state index in [0.717, 1.165) is 4.31 Å². The molecule has 0 spiro atoms. The number of nitrogens with zero attached hydrogens (tertiary/aromatic N) is 3. The third-order valence-corrected chi connectivity index (χ3v) is 6.63. The minimum Gasteiger partial charge on any atom is -0.451 e. The van der Waals surface area contributed by atoms with Gasteiger partial charge >= 0.3 is 22.3 Å². The first-order valence-corrected chi connectivity index (χ1v) is 12.4. The number of fused-ring (bicyclic) bond motifs is 2. The van der Waals surface area contributed by atoms with Crippen molar-refractivity contribution < 1.29 is 32.2 Å². The second-order valence-corrected chi connectivity index (χ2v) is 11.5. The molecule has 188 valence electrons. The lowest BCUT2D eigenvalue weighted by atomic mass is 10.0. The number of carbonyl (C=O) groups is 2. The fraction of sp³-hybridized carbons (Fsp3) is 0.435. The Balaban J connectivity index is 1.51. The van der Waals surface area contributed by atoms with E-state index in [1.54, 1.807) is 57.6 Å². The number of rotatable bonds is 5. The Hall–Kier alpha value is -3.38. The second kappa shape index (κ2) is 8.38. The molecule has 1 aromatic heterocycles. The van der Waals surface area contributed by atoms with Crippen LogP contribution in [-0.2, 0) is 39.3 Å². The van der Waals surface area contributed by atoms with Crippen molar-refractivity contribution in [3.05, 3.63) is 52.9 Å². The minimum absolute atomic E-state index is 0.00663. The molecule has 2 aliphatic rings. The van der Waals surface area contributed by atoms with Crippen molar-refractivity contribution in [3.63, 3.8) is 0 Å². The number of ether oxygens (including phenoxy) is 3. The van der Waals surface area contributed by atoms with E-state index >= 15 is 0 Å². The highest BCUT2D eigenvalue weighted by Crippen LogP contribution is 2.37. The second-order valence-electron chi connectivity index (χ2n) is 9.79. The average Bonchev–Trinajstić information content (AvgIpc) is 3.24. The number of nitrogens with one attached hydrogen (secondary N) is 1. The molecule has 0 saturated heterocycles. The Morgan fingerprint density at radius 1 is 1.29 bits per heavy atom. The zero-order valence-electron chi connectivity index (χ0n) is 20.2. The van der Waals surface area contributed by atoms with Gasteiger partial charge in [0.2, 0.25) is 5.79 Å². The lowest BCUT2D eigenvalue weighted by molar-refractivity contribution is -0.127. The molecule has 0 fully saturated rings. The van der Waals surface area contributed by atoms with Gasteiger partial charge in [-0.05, 0) is 26.3 Å². The summed E-state index contributed by atoms with van der Waals surface area (Å²) in [5.74, 6) is -1.20. The molecular formula is C23H28N4O7S. The van der Waals surface area contributed by atoms with Gasteiger partial charge < -0.3 is 14.2 Å². The van der Waals surface area contributed by atoms with E-state index in [0.29, 0.717) is 33.7 Å². The summed E-state index contributed by atoms with van der Waals surface area (Å²) in [4.78, 5) is 24.7. The standard InChI is InChI=1S/C23H28N4O7S/c1-7-14-8-9-15(18-19(14)32-23(5,6)33-20(18)28)10-26-11-16-12-27(13-17(16)24-26)35(30,31)25-21(29)34-22(2,3)4/h7-9,11H,1,10,12-13H2,2-6H3,(H,25,29). The van der Waals surface area contributed by atoms with Gasteiger partial charge in [0.05, 0.1) is 18.8 Å². The number of benzene rings is 1. The maximum absolute atomic E-state index is 12.8. The van der Waals surface area contributed by atoms with Crippen LogP contribution in [0.4, 0.5) is 4.79 Å². The highest BCUT2D eigenvalue weighted by Gasteiger charge is 2.37. The zero-order chi connectivity index (χ0) is 25.8. The average molecular weight is 505 g/mol. The topological polar surface area (TPSA) is 129 Å². The van der Waals surface area contributed by atoms with Gasteiger partial charge in [-0.15, -0.1) is 0 Å². The van der Waals surface area contributed by atoms with Gasteiger partial charge in [0.1, 0.15) is 16.9 Å². The van der Waals surface area contributed by atoms with Gasteiger partial charge in [-0.1, -0.05) is 24.8 Å². The summed E-state index contributed by atoms with van der Waals surface area (Å²) in [6.07, 6.45) is 2.28. The first kappa shape index (κ1) is 24.7. The van der Waals surface area contributed by atoms with Crippen molar-refractivity contribution in [2.24, 2.45) is 0 Å². The Bertz CT molecular complexity index is 1300. The molecule has 12 heteroatoms. The lowest BCUT2D eigenvalue weighted by Crippen LogP contribution is -2.43. The Morgan fingerprint density at radius 2 is 2.00 bits per heavy atom. The molecule has 0 bridgehead atoms. The van der Waals surface area contributed by atoms with E-state index in [2.05, 4.69) is 11.7 Å². The van der Waals surface area contributed by atoms with Gasteiger partial charge in [0.25, 0.3) is 0 Å². The molecule has 0 atom stereocenters. The number of amides is 1. The summed E-state index contributed by atoms with van der Waals surface area (Å²) in [5.41, 5.74) is 2.04. The number of aromatic nitrogens is 2. The molecule has 0 unspecified atom stereocenters. The first-order valence-electron chi connectivity index (χ1n) is 10.9. The van der Waals surface area contributed by atoms with Crippen molar-refractivity contribution in [2.45, 2.75) is 65.6 Å². The lowest BCUT2D eigenvalue weighted by Gasteiger charge is -2.33. The number of hydrogen-bond acceptors (Lipinski definition) is 8. The van der Waals surface area contributed by atoms with Crippen LogP contribution in [0.2, 0.25) is 0 Å². The highest BCUT2D eigenvalue weighted by molar-refractivity contribution is 7.87. The van der Waals surface area contributed by atoms with E-state index in [-0.39, 0.29) is 19.6 Å². The van der Waals surface area contributed by atoms with Crippen molar-refractivity contribution in [3.8, 4) is 5.75 Å². The van der Waals surface area contributed by atoms with Crippen LogP contribution in [0.15, 0.2) is 24.9 Å². The predicted molar refractivity (Wildman–Crippen MR) is 126 cm³/mol. The quantitative estimate of drug-likeness (QED) is 0.616. The third kappa shape index (κ3) is 5.17. The maximum atomic E-state index is 12.8. The predicted octanol–water partition coefficient (Wildman–Crippen LogP) is 2.94. The van der Waals surface area contributed by atoms with Gasteiger partial charge in [0, 0.05) is 37.7 Å². The molecule has 3 heterocycles. The monoisotopic (exact) mass is 504 g/mol. The highest BCUT2D eigenvalue weighted by atomic mass is 32.2. The van der Waals surface area contributed by atoms with E-state index < -0.39 is 33.7 Å². The first-order chi connectivity index (χ1) is 16.2. The van der Waals surface area contributed by atoms with Gasteiger partial charge in [-0.3, -0.25) is 4.68 Å². The molecule has 2 aromatic rings.